The Morgan fingerprint density at radius 1 is 1.09 bits per heavy atom. The quantitative estimate of drug-likeness (QED) is 0.449. The van der Waals surface area contributed by atoms with Gasteiger partial charge in [0.1, 0.15) is 17.1 Å². The summed E-state index contributed by atoms with van der Waals surface area (Å²) in [6.07, 6.45) is 0.698. The van der Waals surface area contributed by atoms with E-state index >= 15 is 0 Å². The number of hydrogen-bond acceptors (Lipinski definition) is 4. The van der Waals surface area contributed by atoms with E-state index in [1.54, 1.807) is 18.9 Å². The number of amides is 1. The summed E-state index contributed by atoms with van der Waals surface area (Å²) in [7, 11) is 1.64. The van der Waals surface area contributed by atoms with E-state index in [-0.39, 0.29) is 17.6 Å². The summed E-state index contributed by atoms with van der Waals surface area (Å²) in [5, 5.41) is 3.20. The molecular formula is C27H29NO3S. The number of fused-ring (bicyclic) bond motifs is 1. The average molecular weight is 448 g/mol. The van der Waals surface area contributed by atoms with Gasteiger partial charge in [0.15, 0.2) is 0 Å². The lowest BCUT2D eigenvalue weighted by atomic mass is 9.89. The van der Waals surface area contributed by atoms with Gasteiger partial charge in [-0.2, -0.15) is 0 Å². The standard InChI is InChI=1S/C27H29NO3S/c1-18-5-12-22(13-6-18)32-17-19-7-9-20(10-8-19)26(29)28-24-16-27(2,3)31-25-15-21(30-4)11-14-23(24)25/h5-15,24H,16-17H2,1-4H3,(H,28,29). The molecule has 4 rings (SSSR count). The lowest BCUT2D eigenvalue weighted by Gasteiger charge is -2.38. The molecule has 0 fully saturated rings. The predicted octanol–water partition coefficient (Wildman–Crippen LogP) is 6.33. The van der Waals surface area contributed by atoms with Crippen molar-refractivity contribution >= 4 is 17.7 Å². The molecule has 1 aliphatic rings. The highest BCUT2D eigenvalue weighted by Crippen LogP contribution is 2.41. The number of rotatable bonds is 6. The van der Waals surface area contributed by atoms with Crippen molar-refractivity contribution in [2.75, 3.05) is 7.11 Å². The van der Waals surface area contributed by atoms with E-state index in [1.165, 1.54) is 16.0 Å². The minimum Gasteiger partial charge on any atom is -0.497 e. The maximum atomic E-state index is 13.0. The molecule has 0 saturated heterocycles. The van der Waals surface area contributed by atoms with Gasteiger partial charge in [-0.3, -0.25) is 4.79 Å². The van der Waals surface area contributed by atoms with E-state index in [9.17, 15) is 4.79 Å². The van der Waals surface area contributed by atoms with E-state index in [4.69, 9.17) is 9.47 Å². The molecule has 4 nitrogen and oxygen atoms in total. The third-order valence-corrected chi connectivity index (χ3v) is 6.71. The fourth-order valence-electron chi connectivity index (χ4n) is 3.88. The Kier molecular flexibility index (Phi) is 6.47. The van der Waals surface area contributed by atoms with Crippen LogP contribution < -0.4 is 14.8 Å². The number of nitrogens with one attached hydrogen (secondary N) is 1. The van der Waals surface area contributed by atoms with Crippen LogP contribution in [0.4, 0.5) is 0 Å². The van der Waals surface area contributed by atoms with Crippen molar-refractivity contribution in [3.63, 3.8) is 0 Å². The van der Waals surface area contributed by atoms with E-state index in [1.807, 2.05) is 56.3 Å². The largest absolute Gasteiger partial charge is 0.497 e. The molecule has 1 unspecified atom stereocenters. The van der Waals surface area contributed by atoms with Crippen LogP contribution in [0.2, 0.25) is 0 Å². The molecular weight excluding hydrogens is 418 g/mol. The van der Waals surface area contributed by atoms with Crippen LogP contribution in [0.5, 0.6) is 11.5 Å². The van der Waals surface area contributed by atoms with Crippen molar-refractivity contribution < 1.29 is 14.3 Å². The van der Waals surface area contributed by atoms with Crippen molar-refractivity contribution in [1.82, 2.24) is 5.32 Å². The minimum absolute atomic E-state index is 0.0767. The number of carbonyl (C=O) groups is 1. The molecule has 0 saturated carbocycles. The zero-order chi connectivity index (χ0) is 22.7. The Bertz CT molecular complexity index is 1090. The number of ether oxygens (including phenoxy) is 2. The van der Waals surface area contributed by atoms with Crippen LogP contribution in [0.15, 0.2) is 71.6 Å². The van der Waals surface area contributed by atoms with Crippen molar-refractivity contribution in [2.24, 2.45) is 0 Å². The Morgan fingerprint density at radius 3 is 2.50 bits per heavy atom. The molecule has 5 heteroatoms. The summed E-state index contributed by atoms with van der Waals surface area (Å²) in [6.45, 7) is 6.17. The van der Waals surface area contributed by atoms with Crippen LogP contribution in [0.3, 0.4) is 0 Å². The molecule has 3 aromatic carbocycles. The van der Waals surface area contributed by atoms with Gasteiger partial charge in [0, 0.05) is 34.3 Å². The van der Waals surface area contributed by atoms with Gasteiger partial charge in [0.25, 0.3) is 5.91 Å². The van der Waals surface area contributed by atoms with E-state index in [0.29, 0.717) is 12.0 Å². The highest BCUT2D eigenvalue weighted by atomic mass is 32.2. The van der Waals surface area contributed by atoms with Crippen LogP contribution in [-0.2, 0) is 5.75 Å². The number of hydrogen-bond donors (Lipinski definition) is 1. The smallest absolute Gasteiger partial charge is 0.251 e. The van der Waals surface area contributed by atoms with Gasteiger partial charge < -0.3 is 14.8 Å². The first-order valence-electron chi connectivity index (χ1n) is 10.8. The maximum absolute atomic E-state index is 13.0. The van der Waals surface area contributed by atoms with Crippen molar-refractivity contribution in [2.45, 2.75) is 49.5 Å². The van der Waals surface area contributed by atoms with E-state index < -0.39 is 0 Å². The van der Waals surface area contributed by atoms with Gasteiger partial charge in [0.2, 0.25) is 0 Å². The zero-order valence-electron chi connectivity index (χ0n) is 19.0. The van der Waals surface area contributed by atoms with Gasteiger partial charge >= 0.3 is 0 Å². The molecule has 1 heterocycles. The fraction of sp³-hybridized carbons (Fsp3) is 0.296. The third kappa shape index (κ3) is 5.28. The number of aryl methyl sites for hydroxylation is 1. The van der Waals surface area contributed by atoms with Crippen molar-refractivity contribution in [3.05, 3.63) is 89.0 Å². The molecule has 166 valence electrons. The lowest BCUT2D eigenvalue weighted by molar-refractivity contribution is 0.0617. The van der Waals surface area contributed by atoms with Gasteiger partial charge in [-0.05, 0) is 62.7 Å². The predicted molar refractivity (Wildman–Crippen MR) is 130 cm³/mol. The van der Waals surface area contributed by atoms with Crippen LogP contribution in [0, 0.1) is 6.92 Å². The average Bonchev–Trinajstić information content (AvgIpc) is 2.77. The Hall–Kier alpha value is -2.92. The van der Waals surface area contributed by atoms with Crippen LogP contribution in [0.1, 0.15) is 53.4 Å². The van der Waals surface area contributed by atoms with Crippen molar-refractivity contribution in [3.8, 4) is 11.5 Å². The van der Waals surface area contributed by atoms with Gasteiger partial charge in [-0.1, -0.05) is 29.8 Å². The number of carbonyl (C=O) groups excluding carboxylic acids is 1. The molecule has 0 bridgehead atoms. The van der Waals surface area contributed by atoms with Gasteiger partial charge in [-0.15, -0.1) is 11.8 Å². The highest BCUT2D eigenvalue weighted by molar-refractivity contribution is 7.98. The normalized spacial score (nSPS) is 16.6. The molecule has 1 atom stereocenters. The monoisotopic (exact) mass is 447 g/mol. The molecule has 0 radical (unpaired) electrons. The van der Waals surface area contributed by atoms with Gasteiger partial charge in [0.05, 0.1) is 13.2 Å². The Labute approximate surface area is 194 Å². The highest BCUT2D eigenvalue weighted by Gasteiger charge is 2.35. The number of benzene rings is 3. The van der Waals surface area contributed by atoms with E-state index in [0.717, 1.165) is 22.8 Å². The second-order valence-electron chi connectivity index (χ2n) is 8.79. The second kappa shape index (κ2) is 9.29. The topological polar surface area (TPSA) is 47.6 Å². The first-order chi connectivity index (χ1) is 15.3. The van der Waals surface area contributed by atoms with Gasteiger partial charge in [-0.25, -0.2) is 0 Å². The Morgan fingerprint density at radius 2 is 1.81 bits per heavy atom. The summed E-state index contributed by atoms with van der Waals surface area (Å²) < 4.78 is 11.5. The number of methoxy groups -OCH3 is 1. The molecule has 32 heavy (non-hydrogen) atoms. The van der Waals surface area contributed by atoms with Crippen LogP contribution >= 0.6 is 11.8 Å². The first kappa shape index (κ1) is 22.3. The molecule has 1 amide bonds. The fourth-order valence-corrected chi connectivity index (χ4v) is 4.74. The maximum Gasteiger partial charge on any atom is 0.251 e. The summed E-state index contributed by atoms with van der Waals surface area (Å²) in [6, 6.07) is 22.0. The molecule has 0 aromatic heterocycles. The SMILES string of the molecule is COc1ccc2c(c1)OC(C)(C)CC2NC(=O)c1ccc(CSc2ccc(C)cc2)cc1. The third-order valence-electron chi connectivity index (χ3n) is 5.63. The molecule has 1 N–H and O–H groups in total. The molecule has 0 aliphatic carbocycles. The summed E-state index contributed by atoms with van der Waals surface area (Å²) in [5.74, 6) is 2.29. The van der Waals surface area contributed by atoms with Crippen LogP contribution in [0.25, 0.3) is 0 Å². The summed E-state index contributed by atoms with van der Waals surface area (Å²) in [5.41, 5.74) is 3.71. The summed E-state index contributed by atoms with van der Waals surface area (Å²) in [4.78, 5) is 14.2. The van der Waals surface area contributed by atoms with E-state index in [2.05, 4.69) is 36.5 Å². The minimum atomic E-state index is -0.381. The van der Waals surface area contributed by atoms with Crippen LogP contribution in [-0.4, -0.2) is 18.6 Å². The number of thioether (sulfide) groups is 1. The molecule has 1 aliphatic heterocycles. The molecule has 0 spiro atoms. The first-order valence-corrected chi connectivity index (χ1v) is 11.8. The zero-order valence-corrected chi connectivity index (χ0v) is 19.8. The second-order valence-corrected chi connectivity index (χ2v) is 9.84. The lowest BCUT2D eigenvalue weighted by Crippen LogP contribution is -2.41. The molecule has 3 aromatic rings. The summed E-state index contributed by atoms with van der Waals surface area (Å²) >= 11 is 1.80. The Balaban J connectivity index is 1.43. The van der Waals surface area contributed by atoms with Crippen molar-refractivity contribution in [1.29, 1.82) is 0 Å².